The minimum Gasteiger partial charge on any atom is -0.335 e. The lowest BCUT2D eigenvalue weighted by Gasteiger charge is -2.09. The first-order valence-corrected chi connectivity index (χ1v) is 8.23. The van der Waals surface area contributed by atoms with Gasteiger partial charge in [-0.15, -0.1) is 0 Å². The van der Waals surface area contributed by atoms with Crippen LogP contribution in [0.15, 0.2) is 42.5 Å². The zero-order chi connectivity index (χ0) is 18.7. The van der Waals surface area contributed by atoms with Gasteiger partial charge in [0.15, 0.2) is 0 Å². The Kier molecular flexibility index (Phi) is 5.04. The van der Waals surface area contributed by atoms with E-state index in [2.05, 4.69) is 16.0 Å². The third-order valence-corrected chi connectivity index (χ3v) is 4.04. The fourth-order valence-electron chi connectivity index (χ4n) is 2.21. The van der Waals surface area contributed by atoms with Crippen LogP contribution in [0.25, 0.3) is 0 Å². The maximum atomic E-state index is 12.2. The number of nitro groups is 1. The first-order chi connectivity index (χ1) is 12.4. The lowest BCUT2D eigenvalue weighted by atomic mass is 10.2. The van der Waals surface area contributed by atoms with Crippen LogP contribution >= 0.6 is 11.6 Å². The smallest absolute Gasteiger partial charge is 0.319 e. The molecule has 1 saturated carbocycles. The second-order valence-corrected chi connectivity index (χ2v) is 6.23. The molecule has 1 aliphatic rings. The average molecular weight is 375 g/mol. The van der Waals surface area contributed by atoms with Crippen molar-refractivity contribution in [3.8, 4) is 0 Å². The minimum atomic E-state index is -0.647. The molecule has 2 aromatic carbocycles. The van der Waals surface area contributed by atoms with Crippen LogP contribution in [-0.4, -0.2) is 22.9 Å². The van der Waals surface area contributed by atoms with Crippen LogP contribution < -0.4 is 16.0 Å². The number of nitrogens with one attached hydrogen (secondary N) is 3. The molecule has 8 nitrogen and oxygen atoms in total. The van der Waals surface area contributed by atoms with Crippen LogP contribution in [0.4, 0.5) is 21.9 Å². The summed E-state index contributed by atoms with van der Waals surface area (Å²) in [6.45, 7) is 0. The number of rotatable bonds is 5. The second-order valence-electron chi connectivity index (χ2n) is 5.83. The van der Waals surface area contributed by atoms with E-state index in [1.54, 1.807) is 24.3 Å². The predicted molar refractivity (Wildman–Crippen MR) is 97.7 cm³/mol. The van der Waals surface area contributed by atoms with Crippen LogP contribution in [0.2, 0.25) is 5.02 Å². The van der Waals surface area contributed by atoms with Crippen molar-refractivity contribution in [1.82, 2.24) is 5.32 Å². The van der Waals surface area contributed by atoms with Crippen molar-refractivity contribution in [3.05, 3.63) is 63.2 Å². The molecular weight excluding hydrogens is 360 g/mol. The van der Waals surface area contributed by atoms with Crippen LogP contribution in [0.5, 0.6) is 0 Å². The first kappa shape index (κ1) is 17.7. The molecule has 1 aliphatic carbocycles. The summed E-state index contributed by atoms with van der Waals surface area (Å²) < 4.78 is 0. The van der Waals surface area contributed by atoms with Gasteiger partial charge in [0, 0.05) is 29.0 Å². The van der Waals surface area contributed by atoms with Gasteiger partial charge in [-0.25, -0.2) is 4.79 Å². The highest BCUT2D eigenvalue weighted by Gasteiger charge is 2.23. The number of amides is 3. The Bertz CT molecular complexity index is 866. The molecule has 0 saturated heterocycles. The van der Waals surface area contributed by atoms with E-state index in [1.165, 1.54) is 12.1 Å². The van der Waals surface area contributed by atoms with Gasteiger partial charge in [0.05, 0.1) is 4.92 Å². The number of nitrogens with zero attached hydrogens (tertiary/aromatic N) is 1. The highest BCUT2D eigenvalue weighted by Crippen LogP contribution is 2.25. The Morgan fingerprint density at radius 2 is 1.65 bits per heavy atom. The summed E-state index contributed by atoms with van der Waals surface area (Å²) in [5.74, 6) is -0.503. The van der Waals surface area contributed by atoms with Gasteiger partial charge in [-0.2, -0.15) is 0 Å². The molecule has 1 fully saturated rings. The molecule has 0 radical (unpaired) electrons. The van der Waals surface area contributed by atoms with Crippen LogP contribution in [0, 0.1) is 10.1 Å². The molecule has 0 spiro atoms. The van der Waals surface area contributed by atoms with Gasteiger partial charge >= 0.3 is 6.03 Å². The van der Waals surface area contributed by atoms with E-state index in [1.807, 2.05) is 0 Å². The molecule has 0 bridgehead atoms. The Balaban J connectivity index is 1.63. The summed E-state index contributed by atoms with van der Waals surface area (Å²) in [5, 5.41) is 19.0. The van der Waals surface area contributed by atoms with Crippen molar-refractivity contribution in [2.24, 2.45) is 0 Å². The highest BCUT2D eigenvalue weighted by molar-refractivity contribution is 6.32. The number of benzene rings is 2. The molecule has 0 aliphatic heterocycles. The van der Waals surface area contributed by atoms with Crippen LogP contribution in [-0.2, 0) is 0 Å². The normalized spacial score (nSPS) is 13.0. The summed E-state index contributed by atoms with van der Waals surface area (Å²) in [6.07, 6.45) is 2.00. The molecule has 26 heavy (non-hydrogen) atoms. The number of urea groups is 1. The molecule has 3 N–H and O–H groups in total. The van der Waals surface area contributed by atoms with E-state index in [-0.39, 0.29) is 28.3 Å². The SMILES string of the molecule is O=C(Nc1ccc(NC(=O)c2ccc(Cl)c([N+](=O)[O-])c2)cc1)NC1CC1. The van der Waals surface area contributed by atoms with Crippen molar-refractivity contribution in [2.45, 2.75) is 18.9 Å². The van der Waals surface area contributed by atoms with Gasteiger partial charge < -0.3 is 16.0 Å². The third-order valence-electron chi connectivity index (χ3n) is 3.72. The largest absolute Gasteiger partial charge is 0.335 e. The monoisotopic (exact) mass is 374 g/mol. The average Bonchev–Trinajstić information content (AvgIpc) is 3.40. The fourth-order valence-corrected chi connectivity index (χ4v) is 2.40. The van der Waals surface area contributed by atoms with E-state index >= 15 is 0 Å². The molecule has 3 amide bonds. The zero-order valence-corrected chi connectivity index (χ0v) is 14.2. The summed E-state index contributed by atoms with van der Waals surface area (Å²) in [4.78, 5) is 34.2. The Hall–Kier alpha value is -3.13. The van der Waals surface area contributed by atoms with Gasteiger partial charge in [-0.3, -0.25) is 14.9 Å². The quantitative estimate of drug-likeness (QED) is 0.545. The van der Waals surface area contributed by atoms with Crippen LogP contribution in [0.3, 0.4) is 0 Å². The molecule has 2 aromatic rings. The maximum Gasteiger partial charge on any atom is 0.319 e. The summed E-state index contributed by atoms with van der Waals surface area (Å²) in [7, 11) is 0. The van der Waals surface area contributed by atoms with Crippen molar-refractivity contribution in [2.75, 3.05) is 10.6 Å². The van der Waals surface area contributed by atoms with E-state index in [4.69, 9.17) is 11.6 Å². The minimum absolute atomic E-state index is 0.0357. The van der Waals surface area contributed by atoms with Crippen LogP contribution in [0.1, 0.15) is 23.2 Å². The number of halogens is 1. The molecule has 0 atom stereocenters. The van der Waals surface area contributed by atoms with Gasteiger partial charge in [0.2, 0.25) is 0 Å². The van der Waals surface area contributed by atoms with E-state index in [0.29, 0.717) is 11.4 Å². The third kappa shape index (κ3) is 4.48. The maximum absolute atomic E-state index is 12.2. The fraction of sp³-hybridized carbons (Fsp3) is 0.176. The van der Waals surface area contributed by atoms with Gasteiger partial charge in [-0.1, -0.05) is 11.6 Å². The van der Waals surface area contributed by atoms with E-state index in [9.17, 15) is 19.7 Å². The molecule has 0 aromatic heterocycles. The summed E-state index contributed by atoms with van der Waals surface area (Å²) >= 11 is 5.74. The standard InChI is InChI=1S/C17H15ClN4O4/c18-14-8-1-10(9-15(14)22(25)26)16(23)19-11-2-4-12(5-3-11)20-17(24)21-13-6-7-13/h1-5,8-9,13H,6-7H2,(H,19,23)(H2,20,21,24). The Labute approximate surface area is 153 Å². The van der Waals surface area contributed by atoms with Crippen molar-refractivity contribution >= 4 is 40.6 Å². The summed E-state index contributed by atoms with van der Waals surface area (Å²) in [6, 6.07) is 10.4. The topological polar surface area (TPSA) is 113 Å². The first-order valence-electron chi connectivity index (χ1n) is 7.85. The number of hydrogen-bond acceptors (Lipinski definition) is 4. The number of anilines is 2. The molecular formula is C17H15ClN4O4. The predicted octanol–water partition coefficient (Wildman–Crippen LogP) is 3.78. The van der Waals surface area contributed by atoms with Gasteiger partial charge in [0.1, 0.15) is 5.02 Å². The van der Waals surface area contributed by atoms with E-state index in [0.717, 1.165) is 18.9 Å². The lowest BCUT2D eigenvalue weighted by molar-refractivity contribution is -0.384. The van der Waals surface area contributed by atoms with Crippen molar-refractivity contribution in [3.63, 3.8) is 0 Å². The molecule has 0 unspecified atom stereocenters. The molecule has 3 rings (SSSR count). The lowest BCUT2D eigenvalue weighted by Crippen LogP contribution is -2.30. The number of hydrogen-bond donors (Lipinski definition) is 3. The second kappa shape index (κ2) is 7.40. The number of carbonyl (C=O) groups excluding carboxylic acids is 2. The molecule has 134 valence electrons. The highest BCUT2D eigenvalue weighted by atomic mass is 35.5. The number of nitro benzene ring substituents is 1. The van der Waals surface area contributed by atoms with Crippen molar-refractivity contribution in [1.29, 1.82) is 0 Å². The van der Waals surface area contributed by atoms with Crippen molar-refractivity contribution < 1.29 is 14.5 Å². The van der Waals surface area contributed by atoms with E-state index < -0.39 is 10.8 Å². The Morgan fingerprint density at radius 3 is 2.23 bits per heavy atom. The zero-order valence-electron chi connectivity index (χ0n) is 13.5. The summed E-state index contributed by atoms with van der Waals surface area (Å²) in [5.41, 5.74) is 0.858. The number of carbonyl (C=O) groups is 2. The molecule has 9 heteroatoms. The Morgan fingerprint density at radius 1 is 1.04 bits per heavy atom. The van der Waals surface area contributed by atoms with Gasteiger partial charge in [0.25, 0.3) is 11.6 Å². The van der Waals surface area contributed by atoms with Gasteiger partial charge in [-0.05, 0) is 49.2 Å². The molecule has 0 heterocycles.